The van der Waals surface area contributed by atoms with Crippen molar-refractivity contribution in [1.29, 1.82) is 0 Å². The summed E-state index contributed by atoms with van der Waals surface area (Å²) < 4.78 is 40.8. The number of alkyl halides is 3. The topological polar surface area (TPSA) is 26.3 Å². The van der Waals surface area contributed by atoms with E-state index in [1.54, 1.807) is 22.6 Å². The second kappa shape index (κ2) is 4.91. The predicted molar refractivity (Wildman–Crippen MR) is 63.5 cm³/mol. The summed E-state index contributed by atoms with van der Waals surface area (Å²) in [7, 11) is 0. The van der Waals surface area contributed by atoms with E-state index in [9.17, 15) is 18.0 Å². The van der Waals surface area contributed by atoms with Crippen molar-refractivity contribution in [3.05, 3.63) is 25.7 Å². The van der Waals surface area contributed by atoms with Gasteiger partial charge in [-0.05, 0) is 57.6 Å². The first-order chi connectivity index (χ1) is 7.22. The van der Waals surface area contributed by atoms with Gasteiger partial charge in [-0.2, -0.15) is 0 Å². The van der Waals surface area contributed by atoms with E-state index in [0.717, 1.165) is 0 Å². The quantitative estimate of drug-likeness (QED) is 0.542. The third-order valence-electron chi connectivity index (χ3n) is 1.63. The normalized spacial score (nSPS) is 11.4. The first-order valence-corrected chi connectivity index (χ1v) is 5.84. The van der Waals surface area contributed by atoms with Gasteiger partial charge in [0.15, 0.2) is 11.5 Å². The molecule has 0 fully saturated rings. The summed E-state index contributed by atoms with van der Waals surface area (Å²) >= 11 is 4.70. The van der Waals surface area contributed by atoms with E-state index in [1.807, 2.05) is 0 Å². The first-order valence-electron chi connectivity index (χ1n) is 3.97. The zero-order valence-corrected chi connectivity index (χ0v) is 11.6. The minimum absolute atomic E-state index is 0.107. The van der Waals surface area contributed by atoms with Gasteiger partial charge in [-0.3, -0.25) is 4.79 Å². The predicted octanol–water partition coefficient (Wildman–Crippen LogP) is 4.15. The summed E-state index contributed by atoms with van der Waals surface area (Å²) in [6.45, 7) is 1.18. The van der Waals surface area contributed by atoms with Crippen molar-refractivity contribution < 1.29 is 22.7 Å². The van der Waals surface area contributed by atoms with Gasteiger partial charge in [0.1, 0.15) is 0 Å². The Morgan fingerprint density at radius 3 is 2.44 bits per heavy atom. The lowest BCUT2D eigenvalue weighted by Gasteiger charge is -2.14. The summed E-state index contributed by atoms with van der Waals surface area (Å²) in [6.07, 6.45) is -4.81. The second-order valence-corrected chi connectivity index (χ2v) is 4.85. The molecule has 0 aliphatic heterocycles. The molecule has 0 aliphatic rings. The van der Waals surface area contributed by atoms with Gasteiger partial charge in [-0.1, -0.05) is 0 Å². The van der Waals surface area contributed by atoms with Crippen LogP contribution < -0.4 is 4.74 Å². The molecule has 0 N–H and O–H groups in total. The average molecular weight is 409 g/mol. The van der Waals surface area contributed by atoms with Crippen LogP contribution in [-0.2, 0) is 0 Å². The molecule has 0 radical (unpaired) electrons. The van der Waals surface area contributed by atoms with Crippen molar-refractivity contribution >= 4 is 44.3 Å². The van der Waals surface area contributed by atoms with E-state index in [4.69, 9.17) is 0 Å². The zero-order chi connectivity index (χ0) is 12.5. The van der Waals surface area contributed by atoms with Crippen molar-refractivity contribution in [3.8, 4) is 5.75 Å². The van der Waals surface area contributed by atoms with Gasteiger partial charge in [0.05, 0.1) is 9.13 Å². The van der Waals surface area contributed by atoms with Crippen LogP contribution in [0.25, 0.3) is 0 Å². The molecule has 0 aromatic heterocycles. The second-order valence-electron chi connectivity index (χ2n) is 2.84. The Bertz CT molecular complexity index is 431. The van der Waals surface area contributed by atoms with Crippen molar-refractivity contribution in [3.63, 3.8) is 0 Å². The fourth-order valence-corrected chi connectivity index (χ4v) is 2.23. The molecular weight excluding hydrogens is 404 g/mol. The van der Waals surface area contributed by atoms with Crippen LogP contribution >= 0.6 is 38.5 Å². The fraction of sp³-hybridized carbons (Fsp3) is 0.222. The van der Waals surface area contributed by atoms with Crippen LogP contribution in [0.15, 0.2) is 16.6 Å². The van der Waals surface area contributed by atoms with E-state index in [2.05, 4.69) is 20.7 Å². The highest BCUT2D eigenvalue weighted by molar-refractivity contribution is 14.1. The number of carbonyl (C=O) groups is 1. The minimum atomic E-state index is -4.81. The van der Waals surface area contributed by atoms with Gasteiger partial charge in [0.25, 0.3) is 0 Å². The summed E-state index contributed by atoms with van der Waals surface area (Å²) in [5, 5.41) is 0. The van der Waals surface area contributed by atoms with E-state index < -0.39 is 17.9 Å². The molecule has 0 aliphatic carbocycles. The van der Waals surface area contributed by atoms with Gasteiger partial charge in [-0.25, -0.2) is 0 Å². The van der Waals surface area contributed by atoms with Crippen molar-refractivity contribution in [2.24, 2.45) is 0 Å². The highest BCUT2D eigenvalue weighted by Crippen LogP contribution is 2.35. The number of ether oxygens (including phenoxy) is 1. The lowest BCUT2D eigenvalue weighted by molar-refractivity contribution is -0.275. The molecule has 0 saturated heterocycles. The summed E-state index contributed by atoms with van der Waals surface area (Å²) in [5.74, 6) is -0.959. The number of carbonyl (C=O) groups excluding carboxylic acids is 1. The largest absolute Gasteiger partial charge is 0.573 e. The monoisotopic (exact) mass is 408 g/mol. The number of benzene rings is 1. The van der Waals surface area contributed by atoms with E-state index >= 15 is 0 Å². The molecule has 0 unspecified atom stereocenters. The Morgan fingerprint density at radius 2 is 2.00 bits per heavy atom. The maximum Gasteiger partial charge on any atom is 0.573 e. The Hall–Kier alpha value is -0.310. The molecule has 0 atom stereocenters. The number of hydrogen-bond acceptors (Lipinski definition) is 2. The van der Waals surface area contributed by atoms with Crippen LogP contribution in [0.5, 0.6) is 5.75 Å². The summed E-state index contributed by atoms with van der Waals surface area (Å²) in [4.78, 5) is 11.2. The van der Waals surface area contributed by atoms with Crippen LogP contribution in [0, 0.1) is 3.57 Å². The number of rotatable bonds is 2. The highest BCUT2D eigenvalue weighted by atomic mass is 127. The molecule has 16 heavy (non-hydrogen) atoms. The smallest absolute Gasteiger partial charge is 0.404 e. The van der Waals surface area contributed by atoms with Gasteiger partial charge < -0.3 is 4.74 Å². The third-order valence-corrected chi connectivity index (χ3v) is 3.14. The lowest BCUT2D eigenvalue weighted by atomic mass is 10.1. The summed E-state index contributed by atoms with van der Waals surface area (Å²) in [6, 6.07) is 2.93. The number of hydrogen-bond donors (Lipinski definition) is 0. The molecule has 0 spiro atoms. The van der Waals surface area contributed by atoms with Gasteiger partial charge in [0.2, 0.25) is 0 Å². The maximum absolute atomic E-state index is 12.1. The Morgan fingerprint density at radius 1 is 1.44 bits per heavy atom. The highest BCUT2D eigenvalue weighted by Gasteiger charge is 2.34. The zero-order valence-electron chi connectivity index (χ0n) is 7.86. The SMILES string of the molecule is CC(=O)c1c(Br)ccc(I)c1OC(F)(F)F. The Balaban J connectivity index is 3.35. The third kappa shape index (κ3) is 3.34. The van der Waals surface area contributed by atoms with Crippen molar-refractivity contribution in [1.82, 2.24) is 0 Å². The maximum atomic E-state index is 12.1. The molecule has 1 aromatic rings. The molecule has 88 valence electrons. The molecular formula is C9H5BrF3IO2. The molecule has 1 aromatic carbocycles. The minimum Gasteiger partial charge on any atom is -0.404 e. The fourth-order valence-electron chi connectivity index (χ4n) is 1.08. The van der Waals surface area contributed by atoms with E-state index in [-0.39, 0.29) is 13.6 Å². The van der Waals surface area contributed by atoms with Crippen LogP contribution in [0.1, 0.15) is 17.3 Å². The first kappa shape index (κ1) is 13.8. The molecule has 0 amide bonds. The molecule has 0 saturated carbocycles. The number of halogens is 5. The van der Waals surface area contributed by atoms with Crippen LogP contribution in [0.4, 0.5) is 13.2 Å². The lowest BCUT2D eigenvalue weighted by Crippen LogP contribution is -2.19. The van der Waals surface area contributed by atoms with Crippen molar-refractivity contribution in [2.75, 3.05) is 0 Å². The molecule has 7 heteroatoms. The molecule has 0 heterocycles. The number of Topliss-reactive ketones (excluding diaryl/α,β-unsaturated/α-hetero) is 1. The van der Waals surface area contributed by atoms with E-state index in [1.165, 1.54) is 19.1 Å². The van der Waals surface area contributed by atoms with Crippen LogP contribution in [-0.4, -0.2) is 12.1 Å². The Kier molecular flexibility index (Phi) is 4.22. The van der Waals surface area contributed by atoms with Gasteiger partial charge in [-0.15, -0.1) is 13.2 Å². The summed E-state index contributed by atoms with van der Waals surface area (Å²) in [5.41, 5.74) is -0.107. The molecule has 2 nitrogen and oxygen atoms in total. The average Bonchev–Trinajstić information content (AvgIpc) is 2.08. The van der Waals surface area contributed by atoms with Crippen molar-refractivity contribution in [2.45, 2.75) is 13.3 Å². The molecule has 0 bridgehead atoms. The van der Waals surface area contributed by atoms with Gasteiger partial charge in [0, 0.05) is 4.47 Å². The van der Waals surface area contributed by atoms with Crippen LogP contribution in [0.3, 0.4) is 0 Å². The standard InChI is InChI=1S/C9H5BrF3IO2/c1-4(15)7-5(10)2-3-6(14)8(7)16-9(11,12)13/h2-3H,1H3. The Labute approximate surface area is 111 Å². The van der Waals surface area contributed by atoms with Crippen LogP contribution in [0.2, 0.25) is 0 Å². The van der Waals surface area contributed by atoms with Gasteiger partial charge >= 0.3 is 6.36 Å². The van der Waals surface area contributed by atoms with E-state index in [0.29, 0.717) is 0 Å². The number of ketones is 1. The molecule has 1 rings (SSSR count).